The third kappa shape index (κ3) is 6.28. The third-order valence-electron chi connectivity index (χ3n) is 3.54. The van der Waals surface area contributed by atoms with Crippen LogP contribution in [0.15, 0.2) is 0 Å². The molecule has 1 aliphatic heterocycles. The van der Waals surface area contributed by atoms with Gasteiger partial charge in [-0.3, -0.25) is 4.90 Å². The van der Waals surface area contributed by atoms with Crippen LogP contribution in [0.4, 0.5) is 4.79 Å². The zero-order valence-corrected chi connectivity index (χ0v) is 12.8. The van der Waals surface area contributed by atoms with Crippen LogP contribution in [-0.2, 0) is 4.79 Å². The van der Waals surface area contributed by atoms with Gasteiger partial charge in [0, 0.05) is 52.3 Å². The van der Waals surface area contributed by atoms with Crippen molar-refractivity contribution in [3.05, 3.63) is 0 Å². The van der Waals surface area contributed by atoms with Crippen LogP contribution in [0.5, 0.6) is 0 Å². The Bertz CT molecular complexity index is 343. The van der Waals surface area contributed by atoms with E-state index in [2.05, 4.69) is 15.1 Å². The van der Waals surface area contributed by atoms with Gasteiger partial charge in [0.05, 0.1) is 0 Å². The van der Waals surface area contributed by atoms with Gasteiger partial charge in [-0.1, -0.05) is 0 Å². The maximum absolute atomic E-state index is 12.0. The normalized spacial score (nSPS) is 17.8. The first-order valence-corrected chi connectivity index (χ1v) is 7.20. The van der Waals surface area contributed by atoms with E-state index in [1.54, 1.807) is 4.90 Å². The average Bonchev–Trinajstić information content (AvgIpc) is 2.45. The summed E-state index contributed by atoms with van der Waals surface area (Å²) in [7, 11) is 4.05. The Kier molecular flexibility index (Phi) is 7.41. The van der Waals surface area contributed by atoms with Crippen molar-refractivity contribution in [2.75, 3.05) is 60.0 Å². The number of aliphatic hydroxyl groups is 1. The van der Waals surface area contributed by atoms with Gasteiger partial charge in [-0.2, -0.15) is 0 Å². The molecule has 1 fully saturated rings. The summed E-state index contributed by atoms with van der Waals surface area (Å²) < 4.78 is 0. The van der Waals surface area contributed by atoms with E-state index in [-0.39, 0.29) is 19.1 Å². The fourth-order valence-electron chi connectivity index (χ4n) is 2.14. The van der Waals surface area contributed by atoms with Crippen molar-refractivity contribution in [2.24, 2.45) is 0 Å². The van der Waals surface area contributed by atoms with E-state index in [9.17, 15) is 9.59 Å². The molecule has 0 spiro atoms. The highest BCUT2D eigenvalue weighted by molar-refractivity contribution is 5.82. The molecular formula is C13H26N4O4. The van der Waals surface area contributed by atoms with Gasteiger partial charge in [-0.05, 0) is 14.1 Å². The number of carbonyl (C=O) groups excluding carboxylic acids is 1. The molecule has 1 atom stereocenters. The van der Waals surface area contributed by atoms with Gasteiger partial charge in [0.1, 0.15) is 6.04 Å². The quantitative estimate of drug-likeness (QED) is 0.541. The summed E-state index contributed by atoms with van der Waals surface area (Å²) in [6, 6.07) is -1.41. The number of likely N-dealkylation sites (N-methyl/N-ethyl adjacent to an activating group) is 1. The SMILES string of the molecule is CN(C)CCN1CCN(C(=O)NC(CCO)C(=O)O)CC1. The van der Waals surface area contributed by atoms with Crippen LogP contribution in [0.1, 0.15) is 6.42 Å². The number of carboxylic acids is 1. The summed E-state index contributed by atoms with van der Waals surface area (Å²) in [4.78, 5) is 29.0. The fourth-order valence-corrected chi connectivity index (χ4v) is 2.14. The molecule has 0 aromatic heterocycles. The number of carboxylic acid groups (broad SMARTS) is 1. The van der Waals surface area contributed by atoms with Crippen LogP contribution in [0, 0.1) is 0 Å². The molecule has 0 aliphatic carbocycles. The van der Waals surface area contributed by atoms with Crippen LogP contribution < -0.4 is 5.32 Å². The fraction of sp³-hybridized carbons (Fsp3) is 0.846. The summed E-state index contributed by atoms with van der Waals surface area (Å²) in [5.41, 5.74) is 0. The number of hydrogen-bond acceptors (Lipinski definition) is 5. The van der Waals surface area contributed by atoms with Crippen molar-refractivity contribution in [1.82, 2.24) is 20.0 Å². The van der Waals surface area contributed by atoms with Gasteiger partial charge in [-0.25, -0.2) is 9.59 Å². The Hall–Kier alpha value is -1.38. The van der Waals surface area contributed by atoms with Crippen LogP contribution in [0.25, 0.3) is 0 Å². The molecule has 21 heavy (non-hydrogen) atoms. The highest BCUT2D eigenvalue weighted by atomic mass is 16.4. The second kappa shape index (κ2) is 8.81. The zero-order chi connectivity index (χ0) is 15.8. The number of urea groups is 1. The summed E-state index contributed by atoms with van der Waals surface area (Å²) in [5.74, 6) is -1.12. The van der Waals surface area contributed by atoms with Crippen molar-refractivity contribution in [2.45, 2.75) is 12.5 Å². The van der Waals surface area contributed by atoms with E-state index in [4.69, 9.17) is 10.2 Å². The summed E-state index contributed by atoms with van der Waals surface area (Å²) in [6.45, 7) is 4.43. The molecule has 8 nitrogen and oxygen atoms in total. The predicted molar refractivity (Wildman–Crippen MR) is 78.2 cm³/mol. The smallest absolute Gasteiger partial charge is 0.326 e. The van der Waals surface area contributed by atoms with Crippen LogP contribution in [0.2, 0.25) is 0 Å². The molecule has 0 radical (unpaired) electrons. The molecule has 0 saturated carbocycles. The molecule has 1 unspecified atom stereocenters. The maximum Gasteiger partial charge on any atom is 0.326 e. The first kappa shape index (κ1) is 17.7. The van der Waals surface area contributed by atoms with E-state index >= 15 is 0 Å². The van der Waals surface area contributed by atoms with Crippen molar-refractivity contribution in [1.29, 1.82) is 0 Å². The molecule has 0 aromatic rings. The van der Waals surface area contributed by atoms with E-state index in [1.165, 1.54) is 0 Å². The monoisotopic (exact) mass is 302 g/mol. The molecule has 1 rings (SSSR count). The van der Waals surface area contributed by atoms with Gasteiger partial charge < -0.3 is 25.3 Å². The van der Waals surface area contributed by atoms with Gasteiger partial charge >= 0.3 is 12.0 Å². The standard InChI is InChI=1S/C13H26N4O4/c1-15(2)4-5-16-6-8-17(9-7-16)13(21)14-11(3-10-18)12(19)20/h11,18H,3-10H2,1-2H3,(H,14,21)(H,19,20). The second-order valence-electron chi connectivity index (χ2n) is 5.48. The Morgan fingerprint density at radius 2 is 1.86 bits per heavy atom. The molecule has 3 N–H and O–H groups in total. The lowest BCUT2D eigenvalue weighted by atomic mass is 10.2. The van der Waals surface area contributed by atoms with Gasteiger partial charge in [0.15, 0.2) is 0 Å². The molecule has 122 valence electrons. The maximum atomic E-state index is 12.0. The van der Waals surface area contributed by atoms with Crippen molar-refractivity contribution >= 4 is 12.0 Å². The number of amides is 2. The molecular weight excluding hydrogens is 276 g/mol. The summed E-state index contributed by atoms with van der Waals surface area (Å²) in [5, 5.41) is 20.2. The van der Waals surface area contributed by atoms with E-state index in [0.717, 1.165) is 26.2 Å². The lowest BCUT2D eigenvalue weighted by Gasteiger charge is -2.35. The Balaban J connectivity index is 2.35. The number of aliphatic carboxylic acids is 1. The number of aliphatic hydroxyl groups excluding tert-OH is 1. The Labute approximate surface area is 125 Å². The zero-order valence-electron chi connectivity index (χ0n) is 12.8. The molecule has 2 amide bonds. The highest BCUT2D eigenvalue weighted by Gasteiger charge is 2.25. The summed E-state index contributed by atoms with van der Waals surface area (Å²) >= 11 is 0. The minimum Gasteiger partial charge on any atom is -0.480 e. The molecule has 0 aromatic carbocycles. The first-order chi connectivity index (χ1) is 9.93. The molecule has 1 aliphatic rings. The van der Waals surface area contributed by atoms with E-state index < -0.39 is 12.0 Å². The first-order valence-electron chi connectivity index (χ1n) is 7.20. The van der Waals surface area contributed by atoms with Gasteiger partial charge in [0.2, 0.25) is 0 Å². The second-order valence-corrected chi connectivity index (χ2v) is 5.48. The van der Waals surface area contributed by atoms with Crippen LogP contribution in [-0.4, -0.2) is 103 Å². The predicted octanol–water partition coefficient (Wildman–Crippen LogP) is -1.29. The minimum atomic E-state index is -1.12. The largest absolute Gasteiger partial charge is 0.480 e. The lowest BCUT2D eigenvalue weighted by molar-refractivity contribution is -0.139. The van der Waals surface area contributed by atoms with Gasteiger partial charge in [0.25, 0.3) is 0 Å². The number of carbonyl (C=O) groups is 2. The summed E-state index contributed by atoms with van der Waals surface area (Å²) in [6.07, 6.45) is 0.0177. The van der Waals surface area contributed by atoms with Gasteiger partial charge in [-0.15, -0.1) is 0 Å². The average molecular weight is 302 g/mol. The molecule has 1 saturated heterocycles. The van der Waals surface area contributed by atoms with E-state index in [1.807, 2.05) is 14.1 Å². The topological polar surface area (TPSA) is 96.4 Å². The Morgan fingerprint density at radius 3 is 2.33 bits per heavy atom. The number of hydrogen-bond donors (Lipinski definition) is 3. The lowest BCUT2D eigenvalue weighted by Crippen LogP contribution is -2.55. The van der Waals surface area contributed by atoms with Crippen molar-refractivity contribution in [3.8, 4) is 0 Å². The van der Waals surface area contributed by atoms with Crippen LogP contribution >= 0.6 is 0 Å². The Morgan fingerprint density at radius 1 is 1.24 bits per heavy atom. The third-order valence-corrected chi connectivity index (χ3v) is 3.54. The van der Waals surface area contributed by atoms with E-state index in [0.29, 0.717) is 13.1 Å². The van der Waals surface area contributed by atoms with Crippen LogP contribution in [0.3, 0.4) is 0 Å². The molecule has 8 heteroatoms. The molecule has 0 bridgehead atoms. The van der Waals surface area contributed by atoms with Crippen molar-refractivity contribution < 1.29 is 19.8 Å². The van der Waals surface area contributed by atoms with Crippen molar-refractivity contribution in [3.63, 3.8) is 0 Å². The number of nitrogens with one attached hydrogen (secondary N) is 1. The number of nitrogens with zero attached hydrogens (tertiary/aromatic N) is 3. The molecule has 1 heterocycles. The number of piperazine rings is 1. The minimum absolute atomic E-state index is 0.0177. The highest BCUT2D eigenvalue weighted by Crippen LogP contribution is 2.03. The number of rotatable bonds is 7.